The Kier molecular flexibility index (Phi) is 9.26. The predicted molar refractivity (Wildman–Crippen MR) is 158 cm³/mol. The number of aryl methyl sites for hydroxylation is 1. The van der Waals surface area contributed by atoms with Crippen molar-refractivity contribution >= 4 is 25.3 Å². The molecule has 1 aliphatic rings. The van der Waals surface area contributed by atoms with Crippen LogP contribution in [-0.4, -0.2) is 64.7 Å². The first-order chi connectivity index (χ1) is 18.9. The van der Waals surface area contributed by atoms with Crippen molar-refractivity contribution in [2.75, 3.05) is 19.8 Å². The molecule has 3 heterocycles. The standard InChI is InChI=1S/C29H45N5O5Si/c1-20(35)13-15-30-28(36)38-17-14-25-31-23(19-33(25)5)27-22-18-21(39-40(6,7)29(2,3)4)11-12-24(22)34(32-27)26-10-8-9-16-37-26/h11-12,18-20,26,35H,8-10,13-17H2,1-7H3,(H,30,36)/t20-,26?/m0/s1. The van der Waals surface area contributed by atoms with Crippen LogP contribution in [0.15, 0.2) is 24.4 Å². The van der Waals surface area contributed by atoms with Gasteiger partial charge in [0.15, 0.2) is 6.23 Å². The van der Waals surface area contributed by atoms with E-state index in [9.17, 15) is 9.90 Å². The van der Waals surface area contributed by atoms with E-state index < -0.39 is 20.5 Å². The number of ether oxygens (including phenoxy) is 2. The molecule has 0 bridgehead atoms. The quantitative estimate of drug-likeness (QED) is 0.306. The third-order valence-corrected chi connectivity index (χ3v) is 12.2. The number of nitrogens with zero attached hydrogens (tertiary/aromatic N) is 4. The lowest BCUT2D eigenvalue weighted by Crippen LogP contribution is -2.43. The second-order valence-electron chi connectivity index (χ2n) is 12.3. The molecule has 0 radical (unpaired) electrons. The Morgan fingerprint density at radius 2 is 2.08 bits per heavy atom. The third-order valence-electron chi connectivity index (χ3n) is 7.89. The predicted octanol–water partition coefficient (Wildman–Crippen LogP) is 5.56. The van der Waals surface area contributed by atoms with E-state index in [-0.39, 0.29) is 17.9 Å². The Balaban J connectivity index is 1.59. The van der Waals surface area contributed by atoms with Gasteiger partial charge >= 0.3 is 6.09 Å². The van der Waals surface area contributed by atoms with Gasteiger partial charge in [-0.15, -0.1) is 0 Å². The molecule has 1 amide bonds. The first kappa shape index (κ1) is 30.1. The lowest BCUT2D eigenvalue weighted by molar-refractivity contribution is -0.0365. The highest BCUT2D eigenvalue weighted by molar-refractivity contribution is 6.74. The molecular formula is C29H45N5O5Si. The van der Waals surface area contributed by atoms with Crippen molar-refractivity contribution in [1.29, 1.82) is 0 Å². The summed E-state index contributed by atoms with van der Waals surface area (Å²) in [6, 6.07) is 6.22. The summed E-state index contributed by atoms with van der Waals surface area (Å²) in [5.74, 6) is 1.63. The molecule has 1 unspecified atom stereocenters. The summed E-state index contributed by atoms with van der Waals surface area (Å²) >= 11 is 0. The third kappa shape index (κ3) is 7.05. The maximum absolute atomic E-state index is 11.9. The normalized spacial score (nSPS) is 17.1. The van der Waals surface area contributed by atoms with E-state index in [1.165, 1.54) is 0 Å². The molecule has 1 aromatic carbocycles. The Bertz CT molecular complexity index is 1300. The molecule has 40 heavy (non-hydrogen) atoms. The van der Waals surface area contributed by atoms with E-state index >= 15 is 0 Å². The number of alkyl carbamates (subject to hydrolysis) is 1. The van der Waals surface area contributed by atoms with Crippen molar-refractivity contribution in [3.8, 4) is 17.1 Å². The van der Waals surface area contributed by atoms with Gasteiger partial charge in [0, 0.05) is 38.2 Å². The molecule has 0 spiro atoms. The lowest BCUT2D eigenvalue weighted by Gasteiger charge is -2.36. The molecule has 11 heteroatoms. The minimum atomic E-state index is -2.03. The first-order valence-electron chi connectivity index (χ1n) is 14.3. The molecular weight excluding hydrogens is 526 g/mol. The average Bonchev–Trinajstić information content (AvgIpc) is 3.43. The SMILES string of the molecule is C[C@H](O)CCNC(=O)OCCc1nc(-c2nn(C3CCCCO3)c3ccc(O[Si](C)(C)C(C)(C)C)cc23)cn1C. The molecule has 0 aliphatic carbocycles. The highest BCUT2D eigenvalue weighted by Crippen LogP contribution is 2.39. The number of hydrogen-bond acceptors (Lipinski definition) is 7. The fourth-order valence-corrected chi connectivity index (χ4v) is 5.50. The van der Waals surface area contributed by atoms with Crippen LogP contribution in [0.25, 0.3) is 22.3 Å². The topological polar surface area (TPSA) is 113 Å². The number of fused-ring (bicyclic) bond motifs is 1. The first-order valence-corrected chi connectivity index (χ1v) is 17.2. The Morgan fingerprint density at radius 3 is 2.75 bits per heavy atom. The van der Waals surface area contributed by atoms with E-state index in [1.807, 2.05) is 28.6 Å². The number of hydrogen-bond donors (Lipinski definition) is 2. The zero-order valence-electron chi connectivity index (χ0n) is 25.0. The minimum Gasteiger partial charge on any atom is -0.543 e. The number of aliphatic hydroxyl groups is 1. The number of aliphatic hydroxyl groups excluding tert-OH is 1. The Labute approximate surface area is 238 Å². The number of rotatable bonds is 10. The molecule has 1 fully saturated rings. The highest BCUT2D eigenvalue weighted by atomic mass is 28.4. The fraction of sp³-hybridized carbons (Fsp3) is 0.621. The minimum absolute atomic E-state index is 0.0804. The monoisotopic (exact) mass is 571 g/mol. The van der Waals surface area contributed by atoms with Gasteiger partial charge in [-0.3, -0.25) is 0 Å². The van der Waals surface area contributed by atoms with Crippen LogP contribution < -0.4 is 9.74 Å². The van der Waals surface area contributed by atoms with Crippen LogP contribution in [0.2, 0.25) is 18.1 Å². The van der Waals surface area contributed by atoms with Gasteiger partial charge in [0.25, 0.3) is 0 Å². The number of carbonyl (C=O) groups is 1. The van der Waals surface area contributed by atoms with Crippen molar-refractivity contribution in [2.45, 2.75) is 90.3 Å². The zero-order chi connectivity index (χ0) is 29.1. The number of nitrogens with one attached hydrogen (secondary N) is 1. The molecule has 220 valence electrons. The van der Waals surface area contributed by atoms with E-state index in [2.05, 4.69) is 51.3 Å². The molecule has 2 aromatic heterocycles. The number of imidazole rings is 1. The fourth-order valence-electron chi connectivity index (χ4n) is 4.48. The van der Waals surface area contributed by atoms with Crippen LogP contribution in [0.1, 0.15) is 65.4 Å². The maximum atomic E-state index is 11.9. The van der Waals surface area contributed by atoms with Gasteiger partial charge in [-0.05, 0) is 68.9 Å². The summed E-state index contributed by atoms with van der Waals surface area (Å²) in [5.41, 5.74) is 2.53. The van der Waals surface area contributed by atoms with E-state index in [0.29, 0.717) is 19.4 Å². The van der Waals surface area contributed by atoms with E-state index in [4.69, 9.17) is 24.0 Å². The summed E-state index contributed by atoms with van der Waals surface area (Å²) in [5, 5.41) is 18.1. The molecule has 10 nitrogen and oxygen atoms in total. The second-order valence-corrected chi connectivity index (χ2v) is 17.0. The number of benzene rings is 1. The highest BCUT2D eigenvalue weighted by Gasteiger charge is 2.39. The van der Waals surface area contributed by atoms with Crippen LogP contribution in [0.3, 0.4) is 0 Å². The largest absolute Gasteiger partial charge is 0.543 e. The summed E-state index contributed by atoms with van der Waals surface area (Å²) in [7, 11) is -0.0948. The van der Waals surface area contributed by atoms with Gasteiger partial charge in [0.2, 0.25) is 8.32 Å². The van der Waals surface area contributed by atoms with Gasteiger partial charge < -0.3 is 28.9 Å². The van der Waals surface area contributed by atoms with Crippen LogP contribution in [0, 0.1) is 0 Å². The van der Waals surface area contributed by atoms with Crippen molar-refractivity contribution in [3.63, 3.8) is 0 Å². The van der Waals surface area contributed by atoms with Crippen molar-refractivity contribution < 1.29 is 23.8 Å². The van der Waals surface area contributed by atoms with Crippen LogP contribution in [0.4, 0.5) is 4.79 Å². The number of carbonyl (C=O) groups excluding carboxylic acids is 1. The number of amides is 1. The van der Waals surface area contributed by atoms with E-state index in [0.717, 1.165) is 59.7 Å². The average molecular weight is 572 g/mol. The summed E-state index contributed by atoms with van der Waals surface area (Å²) in [6.07, 6.45) is 4.92. The molecule has 0 saturated carbocycles. The second kappa shape index (κ2) is 12.3. The Hall–Kier alpha value is -2.89. The lowest BCUT2D eigenvalue weighted by atomic mass is 10.1. The van der Waals surface area contributed by atoms with Gasteiger partial charge in [0.05, 0.1) is 11.6 Å². The van der Waals surface area contributed by atoms with Crippen LogP contribution in [-0.2, 0) is 22.9 Å². The van der Waals surface area contributed by atoms with E-state index in [1.54, 1.807) is 6.92 Å². The van der Waals surface area contributed by atoms with Gasteiger partial charge in [-0.2, -0.15) is 5.10 Å². The molecule has 4 rings (SSSR count). The maximum Gasteiger partial charge on any atom is 0.407 e. The Morgan fingerprint density at radius 1 is 1.30 bits per heavy atom. The summed E-state index contributed by atoms with van der Waals surface area (Å²) in [4.78, 5) is 16.8. The van der Waals surface area contributed by atoms with Gasteiger partial charge in [0.1, 0.15) is 29.6 Å². The van der Waals surface area contributed by atoms with Crippen molar-refractivity contribution in [3.05, 3.63) is 30.2 Å². The molecule has 2 N–H and O–H groups in total. The molecule has 1 saturated heterocycles. The molecule has 3 aromatic rings. The van der Waals surface area contributed by atoms with Gasteiger partial charge in [-0.25, -0.2) is 14.5 Å². The number of aromatic nitrogens is 4. The van der Waals surface area contributed by atoms with Crippen LogP contribution >= 0.6 is 0 Å². The zero-order valence-corrected chi connectivity index (χ0v) is 26.0. The summed E-state index contributed by atoms with van der Waals surface area (Å²) < 4.78 is 22.0. The van der Waals surface area contributed by atoms with Crippen molar-refractivity contribution in [1.82, 2.24) is 24.6 Å². The van der Waals surface area contributed by atoms with Crippen molar-refractivity contribution in [2.24, 2.45) is 7.05 Å². The summed E-state index contributed by atoms with van der Waals surface area (Å²) in [6.45, 7) is 14.2. The van der Waals surface area contributed by atoms with Gasteiger partial charge in [-0.1, -0.05) is 20.8 Å². The molecule has 1 aliphatic heterocycles. The van der Waals surface area contributed by atoms with Crippen LogP contribution in [0.5, 0.6) is 5.75 Å². The smallest absolute Gasteiger partial charge is 0.407 e. The molecule has 2 atom stereocenters.